The van der Waals surface area contributed by atoms with E-state index in [9.17, 15) is 10.1 Å². The van der Waals surface area contributed by atoms with Crippen LogP contribution in [0.25, 0.3) is 0 Å². The molecule has 6 nitrogen and oxygen atoms in total. The van der Waals surface area contributed by atoms with E-state index in [0.29, 0.717) is 23.1 Å². The summed E-state index contributed by atoms with van der Waals surface area (Å²) in [6.07, 6.45) is 3.72. The average molecular weight is 365 g/mol. The summed E-state index contributed by atoms with van der Waals surface area (Å²) in [5.74, 6) is 0.727. The number of halogens is 1. The normalized spacial score (nSPS) is 20.4. The van der Waals surface area contributed by atoms with E-state index in [1.165, 1.54) is 0 Å². The number of carbonyl (C=O) groups is 1. The Morgan fingerprint density at radius 3 is 2.80 bits per heavy atom. The quantitative estimate of drug-likeness (QED) is 0.785. The molecule has 0 spiro atoms. The highest BCUT2D eigenvalue weighted by Gasteiger charge is 2.28. The number of aromatic nitrogens is 1. The van der Waals surface area contributed by atoms with Crippen LogP contribution in [-0.2, 0) is 4.74 Å². The summed E-state index contributed by atoms with van der Waals surface area (Å²) in [6, 6.07) is 5.39. The fourth-order valence-corrected chi connectivity index (χ4v) is 3.14. The van der Waals surface area contributed by atoms with Gasteiger partial charge in [-0.1, -0.05) is 24.4 Å². The number of nitrogens with one attached hydrogen (secondary N) is 2. The third-order valence-electron chi connectivity index (χ3n) is 4.12. The van der Waals surface area contributed by atoms with Gasteiger partial charge in [0.1, 0.15) is 22.6 Å². The standard InChI is InChI=1S/C18H25ClN4O2/c1-18(2,3)25-17(24)22-14-7-5-4-6-13(14)11-21-16-12(10-20)8-9-15(19)23-16/h8-9,13-14H,4-7,11H2,1-3H3,(H,21,23)(H,22,24)/t13-,14-/m0/s1. The molecule has 25 heavy (non-hydrogen) atoms. The molecule has 1 aromatic rings. The first-order chi connectivity index (χ1) is 11.8. The van der Waals surface area contributed by atoms with Crippen LogP contribution < -0.4 is 10.6 Å². The lowest BCUT2D eigenvalue weighted by Gasteiger charge is -2.33. The molecule has 1 aliphatic carbocycles. The van der Waals surface area contributed by atoms with Gasteiger partial charge in [0.2, 0.25) is 0 Å². The van der Waals surface area contributed by atoms with Crippen molar-refractivity contribution in [3.8, 4) is 6.07 Å². The largest absolute Gasteiger partial charge is 0.444 e. The van der Waals surface area contributed by atoms with Gasteiger partial charge in [-0.25, -0.2) is 9.78 Å². The van der Waals surface area contributed by atoms with Crippen molar-refractivity contribution in [2.24, 2.45) is 5.92 Å². The van der Waals surface area contributed by atoms with Crippen LogP contribution in [0.2, 0.25) is 5.15 Å². The minimum absolute atomic E-state index is 0.0424. The summed E-state index contributed by atoms with van der Waals surface area (Å²) in [5, 5.41) is 15.7. The predicted octanol–water partition coefficient (Wildman–Crippen LogP) is 4.10. The highest BCUT2D eigenvalue weighted by molar-refractivity contribution is 6.29. The van der Waals surface area contributed by atoms with Crippen LogP contribution in [0.4, 0.5) is 10.6 Å². The second-order valence-electron chi connectivity index (χ2n) is 7.32. The number of hydrogen-bond acceptors (Lipinski definition) is 5. The third kappa shape index (κ3) is 6.09. The Balaban J connectivity index is 1.98. The molecule has 2 atom stereocenters. The van der Waals surface area contributed by atoms with Crippen molar-refractivity contribution < 1.29 is 9.53 Å². The Kier molecular flexibility index (Phi) is 6.49. The smallest absolute Gasteiger partial charge is 0.407 e. The van der Waals surface area contributed by atoms with Crippen molar-refractivity contribution in [2.45, 2.75) is 58.1 Å². The first kappa shape index (κ1) is 19.3. The van der Waals surface area contributed by atoms with Gasteiger partial charge in [0.15, 0.2) is 0 Å². The Morgan fingerprint density at radius 2 is 2.12 bits per heavy atom. The molecule has 0 radical (unpaired) electrons. The molecule has 2 N–H and O–H groups in total. The molecule has 2 rings (SSSR count). The van der Waals surface area contributed by atoms with E-state index in [0.717, 1.165) is 25.7 Å². The highest BCUT2D eigenvalue weighted by Crippen LogP contribution is 2.26. The summed E-state index contributed by atoms with van der Waals surface area (Å²) in [4.78, 5) is 16.2. The Hall–Kier alpha value is -2.00. The van der Waals surface area contributed by atoms with Gasteiger partial charge >= 0.3 is 6.09 Å². The molecular weight excluding hydrogens is 340 g/mol. The lowest BCUT2D eigenvalue weighted by molar-refractivity contribution is 0.0472. The van der Waals surface area contributed by atoms with Crippen LogP contribution in [0, 0.1) is 17.2 Å². The fraction of sp³-hybridized carbons (Fsp3) is 0.611. The Morgan fingerprint density at radius 1 is 1.40 bits per heavy atom. The van der Waals surface area contributed by atoms with Gasteiger partial charge in [0.05, 0.1) is 5.56 Å². The number of nitriles is 1. The molecule has 0 aromatic carbocycles. The number of nitrogens with zero attached hydrogens (tertiary/aromatic N) is 2. The molecule has 0 saturated heterocycles. The summed E-state index contributed by atoms with van der Waals surface area (Å²) in [5.41, 5.74) is -0.0596. The monoisotopic (exact) mass is 364 g/mol. The maximum absolute atomic E-state index is 12.1. The minimum atomic E-state index is -0.515. The lowest BCUT2D eigenvalue weighted by Crippen LogP contribution is -2.46. The van der Waals surface area contributed by atoms with E-state index in [-0.39, 0.29) is 18.1 Å². The molecule has 0 aliphatic heterocycles. The molecule has 136 valence electrons. The zero-order valence-electron chi connectivity index (χ0n) is 14.9. The summed E-state index contributed by atoms with van der Waals surface area (Å²) in [7, 11) is 0. The van der Waals surface area contributed by atoms with Crippen LogP contribution in [0.1, 0.15) is 52.0 Å². The number of hydrogen-bond donors (Lipinski definition) is 2. The molecule has 1 aliphatic rings. The van der Waals surface area contributed by atoms with E-state index in [1.54, 1.807) is 12.1 Å². The maximum atomic E-state index is 12.1. The van der Waals surface area contributed by atoms with Crippen molar-refractivity contribution >= 4 is 23.5 Å². The van der Waals surface area contributed by atoms with Crippen molar-refractivity contribution in [3.63, 3.8) is 0 Å². The van der Waals surface area contributed by atoms with Gasteiger partial charge in [0, 0.05) is 12.6 Å². The lowest BCUT2D eigenvalue weighted by atomic mass is 9.84. The summed E-state index contributed by atoms with van der Waals surface area (Å²) in [6.45, 7) is 6.16. The molecule has 1 saturated carbocycles. The average Bonchev–Trinajstić information content (AvgIpc) is 2.52. The zero-order chi connectivity index (χ0) is 18.4. The molecule has 0 bridgehead atoms. The number of ether oxygens (including phenoxy) is 1. The first-order valence-electron chi connectivity index (χ1n) is 8.58. The Labute approximate surface area is 153 Å². The van der Waals surface area contributed by atoms with Crippen molar-refractivity contribution in [3.05, 3.63) is 22.8 Å². The van der Waals surface area contributed by atoms with Crippen LogP contribution in [0.15, 0.2) is 12.1 Å². The second kappa shape index (κ2) is 8.39. The van der Waals surface area contributed by atoms with E-state index in [4.69, 9.17) is 16.3 Å². The van der Waals surface area contributed by atoms with Crippen LogP contribution >= 0.6 is 11.6 Å². The van der Waals surface area contributed by atoms with Crippen LogP contribution in [-0.4, -0.2) is 29.3 Å². The number of amides is 1. The SMILES string of the molecule is CC(C)(C)OC(=O)N[C@H]1CCCC[C@H]1CNc1nc(Cl)ccc1C#N. The molecule has 1 heterocycles. The van der Waals surface area contributed by atoms with Crippen molar-refractivity contribution in [1.29, 1.82) is 5.26 Å². The van der Waals surface area contributed by atoms with Crippen molar-refractivity contribution in [2.75, 3.05) is 11.9 Å². The van der Waals surface area contributed by atoms with Gasteiger partial charge in [-0.15, -0.1) is 0 Å². The summed E-state index contributed by atoms with van der Waals surface area (Å²) >= 11 is 5.92. The van der Waals surface area contributed by atoms with E-state index in [1.807, 2.05) is 20.8 Å². The topological polar surface area (TPSA) is 87.0 Å². The zero-order valence-corrected chi connectivity index (χ0v) is 15.7. The molecular formula is C18H25ClN4O2. The molecule has 7 heteroatoms. The van der Waals surface area contributed by atoms with Gasteiger partial charge in [-0.2, -0.15) is 5.26 Å². The second-order valence-corrected chi connectivity index (χ2v) is 7.71. The number of carbonyl (C=O) groups excluding carboxylic acids is 1. The fourth-order valence-electron chi connectivity index (χ4n) is 2.99. The van der Waals surface area contributed by atoms with E-state index < -0.39 is 5.60 Å². The first-order valence-corrected chi connectivity index (χ1v) is 8.96. The predicted molar refractivity (Wildman–Crippen MR) is 97.6 cm³/mol. The molecule has 1 fully saturated rings. The number of anilines is 1. The third-order valence-corrected chi connectivity index (χ3v) is 4.34. The summed E-state index contributed by atoms with van der Waals surface area (Å²) < 4.78 is 5.36. The van der Waals surface area contributed by atoms with E-state index in [2.05, 4.69) is 21.7 Å². The highest BCUT2D eigenvalue weighted by atomic mass is 35.5. The molecule has 1 aromatic heterocycles. The van der Waals surface area contributed by atoms with Gasteiger partial charge < -0.3 is 15.4 Å². The van der Waals surface area contributed by atoms with Gasteiger partial charge in [0.25, 0.3) is 0 Å². The number of pyridine rings is 1. The maximum Gasteiger partial charge on any atom is 0.407 e. The van der Waals surface area contributed by atoms with Crippen molar-refractivity contribution in [1.82, 2.24) is 10.3 Å². The Bertz CT molecular complexity index is 651. The van der Waals surface area contributed by atoms with Crippen LogP contribution in [0.5, 0.6) is 0 Å². The minimum Gasteiger partial charge on any atom is -0.444 e. The number of rotatable bonds is 4. The van der Waals surface area contributed by atoms with Gasteiger partial charge in [-0.05, 0) is 51.7 Å². The molecule has 0 unspecified atom stereocenters. The number of alkyl carbamates (subject to hydrolysis) is 1. The van der Waals surface area contributed by atoms with Crippen LogP contribution in [0.3, 0.4) is 0 Å². The molecule has 1 amide bonds. The van der Waals surface area contributed by atoms with Gasteiger partial charge in [-0.3, -0.25) is 0 Å². The van der Waals surface area contributed by atoms with E-state index >= 15 is 0 Å².